The van der Waals surface area contributed by atoms with E-state index in [1.54, 1.807) is 31.4 Å². The van der Waals surface area contributed by atoms with Gasteiger partial charge in [-0.05, 0) is 42.5 Å². The Hall–Kier alpha value is -2.10. The molecule has 20 heavy (non-hydrogen) atoms. The predicted octanol–water partition coefficient (Wildman–Crippen LogP) is 2.01. The molecule has 2 fully saturated rings. The van der Waals surface area contributed by atoms with Gasteiger partial charge in [0.15, 0.2) is 0 Å². The quantitative estimate of drug-likeness (QED) is 0.609. The topological polar surface area (TPSA) is 46.6 Å². The van der Waals surface area contributed by atoms with Crippen LogP contribution in [0.5, 0.6) is 5.75 Å². The highest BCUT2D eigenvalue weighted by molar-refractivity contribution is 6.22. The molecular weight excluding hydrogens is 254 g/mol. The molecule has 2 aliphatic carbocycles. The SMILES string of the molecule is COc1ccc(N2C(=O)[C@@H]3C4C=CC(C4)[C@@H]3C2=O)cc1. The first-order valence-corrected chi connectivity index (χ1v) is 6.91. The number of hydrogen-bond donors (Lipinski definition) is 0. The largest absolute Gasteiger partial charge is 0.497 e. The maximum absolute atomic E-state index is 12.6. The van der Waals surface area contributed by atoms with Crippen LogP contribution in [0.25, 0.3) is 0 Å². The highest BCUT2D eigenvalue weighted by Gasteiger charge is 2.59. The second-order valence-electron chi connectivity index (χ2n) is 5.71. The van der Waals surface area contributed by atoms with Gasteiger partial charge in [-0.3, -0.25) is 14.5 Å². The lowest BCUT2D eigenvalue weighted by molar-refractivity contribution is -0.123. The highest BCUT2D eigenvalue weighted by atomic mass is 16.5. The van der Waals surface area contributed by atoms with Gasteiger partial charge in [0.2, 0.25) is 11.8 Å². The molecule has 1 heterocycles. The van der Waals surface area contributed by atoms with Gasteiger partial charge in [-0.1, -0.05) is 12.2 Å². The molecule has 2 unspecified atom stereocenters. The summed E-state index contributed by atoms with van der Waals surface area (Å²) >= 11 is 0. The van der Waals surface area contributed by atoms with E-state index < -0.39 is 0 Å². The van der Waals surface area contributed by atoms with Gasteiger partial charge in [-0.25, -0.2) is 0 Å². The molecule has 102 valence electrons. The summed E-state index contributed by atoms with van der Waals surface area (Å²) in [6, 6.07) is 7.09. The first-order chi connectivity index (χ1) is 9.70. The number of imide groups is 1. The van der Waals surface area contributed by atoms with Crippen LogP contribution in [0, 0.1) is 23.7 Å². The number of hydrogen-bond acceptors (Lipinski definition) is 3. The van der Waals surface area contributed by atoms with Crippen molar-refractivity contribution in [2.24, 2.45) is 23.7 Å². The van der Waals surface area contributed by atoms with Crippen molar-refractivity contribution in [3.63, 3.8) is 0 Å². The van der Waals surface area contributed by atoms with Crippen LogP contribution in [0.4, 0.5) is 5.69 Å². The van der Waals surface area contributed by atoms with Crippen LogP contribution in [0.15, 0.2) is 36.4 Å². The minimum Gasteiger partial charge on any atom is -0.497 e. The first-order valence-electron chi connectivity index (χ1n) is 6.91. The average molecular weight is 269 g/mol. The molecular formula is C16H15NO3. The van der Waals surface area contributed by atoms with E-state index in [-0.39, 0.29) is 35.5 Å². The van der Waals surface area contributed by atoms with Gasteiger partial charge in [0.1, 0.15) is 5.75 Å². The number of carbonyl (C=O) groups is 2. The molecule has 2 amide bonds. The van der Waals surface area contributed by atoms with E-state index in [1.807, 2.05) is 0 Å². The van der Waals surface area contributed by atoms with E-state index in [4.69, 9.17) is 4.74 Å². The van der Waals surface area contributed by atoms with Gasteiger partial charge in [-0.15, -0.1) is 0 Å². The van der Waals surface area contributed by atoms with E-state index in [9.17, 15) is 9.59 Å². The predicted molar refractivity (Wildman–Crippen MR) is 73.2 cm³/mol. The van der Waals surface area contributed by atoms with Crippen LogP contribution in [-0.2, 0) is 9.59 Å². The standard InChI is InChI=1S/C16H15NO3/c1-20-12-6-4-11(5-7-12)17-15(18)13-9-2-3-10(8-9)14(13)16(17)19/h2-7,9-10,13-14H,8H2,1H3/t9?,10?,13-,14+. The molecule has 1 aromatic carbocycles. The lowest BCUT2D eigenvalue weighted by Gasteiger charge is -2.17. The minimum absolute atomic E-state index is 0.0398. The summed E-state index contributed by atoms with van der Waals surface area (Å²) in [6.45, 7) is 0. The Morgan fingerprint density at radius 3 is 2.05 bits per heavy atom. The van der Waals surface area contributed by atoms with Crippen LogP contribution < -0.4 is 9.64 Å². The fourth-order valence-electron chi connectivity index (χ4n) is 3.89. The summed E-state index contributed by atoms with van der Waals surface area (Å²) in [5.41, 5.74) is 0.648. The molecule has 0 radical (unpaired) electrons. The molecule has 1 saturated heterocycles. The Morgan fingerprint density at radius 1 is 1.00 bits per heavy atom. The maximum atomic E-state index is 12.6. The van der Waals surface area contributed by atoms with E-state index in [1.165, 1.54) is 4.90 Å². The van der Waals surface area contributed by atoms with E-state index in [0.29, 0.717) is 5.69 Å². The summed E-state index contributed by atoms with van der Waals surface area (Å²) in [6.07, 6.45) is 5.17. The van der Waals surface area contributed by atoms with Gasteiger partial charge in [-0.2, -0.15) is 0 Å². The third-order valence-corrected chi connectivity index (χ3v) is 4.80. The van der Waals surface area contributed by atoms with Crippen LogP contribution in [0.1, 0.15) is 6.42 Å². The van der Waals surface area contributed by atoms with Crippen molar-refractivity contribution >= 4 is 17.5 Å². The number of anilines is 1. The first kappa shape index (κ1) is 11.7. The van der Waals surface area contributed by atoms with Crippen molar-refractivity contribution in [1.82, 2.24) is 0 Å². The van der Waals surface area contributed by atoms with E-state index in [0.717, 1.165) is 12.2 Å². The number of ether oxygens (including phenoxy) is 1. The lowest BCUT2D eigenvalue weighted by Crippen LogP contribution is -2.32. The third-order valence-electron chi connectivity index (χ3n) is 4.80. The molecule has 2 bridgehead atoms. The fourth-order valence-corrected chi connectivity index (χ4v) is 3.89. The molecule has 0 N–H and O–H groups in total. The lowest BCUT2D eigenvalue weighted by atomic mass is 9.85. The number of nitrogens with zero attached hydrogens (tertiary/aromatic N) is 1. The summed E-state index contributed by atoms with van der Waals surface area (Å²) in [5, 5.41) is 0. The number of amides is 2. The Bertz CT molecular complexity index is 589. The van der Waals surface area contributed by atoms with Crippen molar-refractivity contribution in [1.29, 1.82) is 0 Å². The van der Waals surface area contributed by atoms with Gasteiger partial charge in [0.25, 0.3) is 0 Å². The van der Waals surface area contributed by atoms with Gasteiger partial charge in [0, 0.05) is 0 Å². The molecule has 4 nitrogen and oxygen atoms in total. The van der Waals surface area contributed by atoms with E-state index >= 15 is 0 Å². The average Bonchev–Trinajstić information content (AvgIpc) is 3.14. The Morgan fingerprint density at radius 2 is 1.55 bits per heavy atom. The number of methoxy groups -OCH3 is 1. The summed E-state index contributed by atoms with van der Waals surface area (Å²) in [4.78, 5) is 26.5. The smallest absolute Gasteiger partial charge is 0.238 e. The monoisotopic (exact) mass is 269 g/mol. The van der Waals surface area contributed by atoms with Crippen LogP contribution in [0.3, 0.4) is 0 Å². The van der Waals surface area contributed by atoms with Crippen molar-refractivity contribution in [3.8, 4) is 5.75 Å². The maximum Gasteiger partial charge on any atom is 0.238 e. The number of fused-ring (bicyclic) bond motifs is 5. The zero-order valence-corrected chi connectivity index (χ0v) is 11.2. The molecule has 4 heteroatoms. The molecule has 0 spiro atoms. The third kappa shape index (κ3) is 1.36. The van der Waals surface area contributed by atoms with Crippen molar-refractivity contribution in [3.05, 3.63) is 36.4 Å². The highest BCUT2D eigenvalue weighted by Crippen LogP contribution is 2.53. The zero-order valence-electron chi connectivity index (χ0n) is 11.2. The molecule has 1 saturated carbocycles. The molecule has 1 aromatic rings. The van der Waals surface area contributed by atoms with Gasteiger partial charge < -0.3 is 4.74 Å². The summed E-state index contributed by atoms with van der Waals surface area (Å²) < 4.78 is 5.11. The molecule has 4 rings (SSSR count). The zero-order chi connectivity index (χ0) is 13.9. The molecule has 3 aliphatic rings. The van der Waals surface area contributed by atoms with Crippen molar-refractivity contribution in [2.75, 3.05) is 12.0 Å². The van der Waals surface area contributed by atoms with Crippen molar-refractivity contribution < 1.29 is 14.3 Å². The number of benzene rings is 1. The second-order valence-corrected chi connectivity index (χ2v) is 5.71. The fraction of sp³-hybridized carbons (Fsp3) is 0.375. The minimum atomic E-state index is -0.139. The normalized spacial score (nSPS) is 34.0. The number of rotatable bonds is 2. The Balaban J connectivity index is 1.70. The second kappa shape index (κ2) is 3.95. The molecule has 1 aliphatic heterocycles. The van der Waals surface area contributed by atoms with Gasteiger partial charge in [0.05, 0.1) is 24.6 Å². The van der Waals surface area contributed by atoms with Crippen LogP contribution in [-0.4, -0.2) is 18.9 Å². The Kier molecular flexibility index (Phi) is 2.31. The molecule has 0 aromatic heterocycles. The van der Waals surface area contributed by atoms with Crippen LogP contribution >= 0.6 is 0 Å². The molecule has 4 atom stereocenters. The number of allylic oxidation sites excluding steroid dienone is 2. The summed E-state index contributed by atoms with van der Waals surface area (Å²) in [7, 11) is 1.59. The summed E-state index contributed by atoms with van der Waals surface area (Å²) in [5.74, 6) is 0.868. The number of carbonyl (C=O) groups excluding carboxylic acids is 2. The van der Waals surface area contributed by atoms with Crippen molar-refractivity contribution in [2.45, 2.75) is 6.42 Å². The van der Waals surface area contributed by atoms with E-state index in [2.05, 4.69) is 12.2 Å². The van der Waals surface area contributed by atoms with Gasteiger partial charge >= 0.3 is 0 Å². The van der Waals surface area contributed by atoms with Crippen LogP contribution in [0.2, 0.25) is 0 Å². The Labute approximate surface area is 117 Å².